The third kappa shape index (κ3) is 5.25. The summed E-state index contributed by atoms with van der Waals surface area (Å²) in [4.78, 5) is 14.5. The van der Waals surface area contributed by atoms with Gasteiger partial charge in [-0.2, -0.15) is 0 Å². The fourth-order valence-electron chi connectivity index (χ4n) is 3.20. The van der Waals surface area contributed by atoms with Crippen LogP contribution in [0.3, 0.4) is 0 Å². The number of likely N-dealkylation sites (tertiary alicyclic amines) is 1. The van der Waals surface area contributed by atoms with Gasteiger partial charge in [0, 0.05) is 18.1 Å². The van der Waals surface area contributed by atoms with Gasteiger partial charge in [0.25, 0.3) is 0 Å². The van der Waals surface area contributed by atoms with Gasteiger partial charge >= 0.3 is 6.03 Å². The molecule has 2 heterocycles. The summed E-state index contributed by atoms with van der Waals surface area (Å²) >= 11 is 5.96. The quantitative estimate of drug-likeness (QED) is 0.818. The maximum atomic E-state index is 12.2. The Labute approximate surface area is 153 Å². The van der Waals surface area contributed by atoms with Crippen LogP contribution in [0.1, 0.15) is 36.6 Å². The van der Waals surface area contributed by atoms with E-state index < -0.39 is 0 Å². The largest absolute Gasteiger partial charge is 0.468 e. The number of piperidine rings is 1. The van der Waals surface area contributed by atoms with E-state index in [1.54, 1.807) is 6.26 Å². The molecule has 3 rings (SSSR count). The Morgan fingerprint density at radius 2 is 2.00 bits per heavy atom. The molecule has 2 amide bonds. The Morgan fingerprint density at radius 1 is 1.16 bits per heavy atom. The van der Waals surface area contributed by atoms with Crippen LogP contribution in [0.2, 0.25) is 5.02 Å². The number of halogens is 1. The normalized spacial score (nSPS) is 16.4. The number of hydrogen-bond acceptors (Lipinski definition) is 3. The lowest BCUT2D eigenvalue weighted by Crippen LogP contribution is -2.43. The second-order valence-electron chi connectivity index (χ2n) is 6.32. The van der Waals surface area contributed by atoms with Gasteiger partial charge in [0.15, 0.2) is 0 Å². The summed E-state index contributed by atoms with van der Waals surface area (Å²) in [5.74, 6) is 0.900. The molecule has 1 saturated heterocycles. The van der Waals surface area contributed by atoms with Crippen molar-refractivity contribution in [2.75, 3.05) is 19.6 Å². The molecule has 1 fully saturated rings. The maximum Gasteiger partial charge on any atom is 0.315 e. The van der Waals surface area contributed by atoms with Crippen LogP contribution in [0.25, 0.3) is 0 Å². The van der Waals surface area contributed by atoms with Crippen molar-refractivity contribution in [2.24, 2.45) is 0 Å². The minimum atomic E-state index is -0.187. The van der Waals surface area contributed by atoms with E-state index in [1.807, 2.05) is 36.4 Å². The van der Waals surface area contributed by atoms with Gasteiger partial charge in [-0.25, -0.2) is 4.79 Å². The highest BCUT2D eigenvalue weighted by molar-refractivity contribution is 6.30. The summed E-state index contributed by atoms with van der Waals surface area (Å²) in [5, 5.41) is 6.51. The second-order valence-corrected chi connectivity index (χ2v) is 6.76. The van der Waals surface area contributed by atoms with Crippen molar-refractivity contribution in [2.45, 2.75) is 31.8 Å². The third-order valence-corrected chi connectivity index (χ3v) is 4.74. The topological polar surface area (TPSA) is 57.5 Å². The SMILES string of the molecule is O=C(NCc1cccc(Cl)c1)NCC(c1ccco1)N1CCCCC1. The smallest absolute Gasteiger partial charge is 0.315 e. The minimum absolute atomic E-state index is 0.0761. The Hall–Kier alpha value is -1.98. The van der Waals surface area contributed by atoms with Crippen molar-refractivity contribution >= 4 is 17.6 Å². The van der Waals surface area contributed by atoms with Gasteiger partial charge in [-0.1, -0.05) is 30.2 Å². The molecule has 5 nitrogen and oxygen atoms in total. The molecular formula is C19H24ClN3O2. The summed E-state index contributed by atoms with van der Waals surface area (Å²) in [6.07, 6.45) is 5.34. The fraction of sp³-hybridized carbons (Fsp3) is 0.421. The van der Waals surface area contributed by atoms with Gasteiger partial charge in [-0.3, -0.25) is 4.90 Å². The van der Waals surface area contributed by atoms with Gasteiger partial charge in [-0.05, 0) is 55.8 Å². The lowest BCUT2D eigenvalue weighted by molar-refractivity contribution is 0.143. The molecule has 0 saturated carbocycles. The monoisotopic (exact) mass is 361 g/mol. The van der Waals surface area contributed by atoms with E-state index in [0.717, 1.165) is 24.4 Å². The number of urea groups is 1. The molecule has 1 aliphatic rings. The first kappa shape index (κ1) is 17.8. The van der Waals surface area contributed by atoms with Crippen molar-refractivity contribution in [3.05, 3.63) is 59.0 Å². The first-order chi connectivity index (χ1) is 12.2. The van der Waals surface area contributed by atoms with Crippen molar-refractivity contribution in [1.82, 2.24) is 15.5 Å². The van der Waals surface area contributed by atoms with Crippen molar-refractivity contribution in [3.63, 3.8) is 0 Å². The van der Waals surface area contributed by atoms with E-state index in [4.69, 9.17) is 16.0 Å². The Kier molecular flexibility index (Phi) is 6.36. The second kappa shape index (κ2) is 8.92. The molecule has 1 aromatic heterocycles. The molecule has 6 heteroatoms. The number of benzene rings is 1. The molecule has 2 N–H and O–H groups in total. The zero-order valence-corrected chi connectivity index (χ0v) is 15.0. The molecule has 2 aromatic rings. The first-order valence-corrected chi connectivity index (χ1v) is 9.14. The van der Waals surface area contributed by atoms with Gasteiger partial charge in [-0.15, -0.1) is 0 Å². The molecule has 0 bridgehead atoms. The number of nitrogens with one attached hydrogen (secondary N) is 2. The van der Waals surface area contributed by atoms with Gasteiger partial charge < -0.3 is 15.1 Å². The van der Waals surface area contributed by atoms with Crippen molar-refractivity contribution < 1.29 is 9.21 Å². The van der Waals surface area contributed by atoms with Gasteiger partial charge in [0.2, 0.25) is 0 Å². The van der Waals surface area contributed by atoms with Crippen LogP contribution >= 0.6 is 11.6 Å². The number of amides is 2. The van der Waals surface area contributed by atoms with E-state index >= 15 is 0 Å². The van der Waals surface area contributed by atoms with E-state index in [2.05, 4.69) is 15.5 Å². The highest BCUT2D eigenvalue weighted by atomic mass is 35.5. The molecule has 1 aromatic carbocycles. The lowest BCUT2D eigenvalue weighted by atomic mass is 10.1. The Morgan fingerprint density at radius 3 is 2.72 bits per heavy atom. The summed E-state index contributed by atoms with van der Waals surface area (Å²) in [5.41, 5.74) is 0.973. The van der Waals surface area contributed by atoms with E-state index in [9.17, 15) is 4.79 Å². The molecule has 134 valence electrons. The van der Waals surface area contributed by atoms with Crippen molar-refractivity contribution in [3.8, 4) is 0 Å². The number of furan rings is 1. The average Bonchev–Trinajstić information content (AvgIpc) is 3.15. The summed E-state index contributed by atoms with van der Waals surface area (Å²) in [6.45, 7) is 3.05. The fourth-order valence-corrected chi connectivity index (χ4v) is 3.41. The number of carbonyl (C=O) groups excluding carboxylic acids is 1. The zero-order chi connectivity index (χ0) is 17.5. The number of nitrogens with zero attached hydrogens (tertiary/aromatic N) is 1. The summed E-state index contributed by atoms with van der Waals surface area (Å²) in [6, 6.07) is 11.2. The van der Waals surface area contributed by atoms with Crippen LogP contribution in [0.5, 0.6) is 0 Å². The Balaban J connectivity index is 1.52. The molecule has 1 unspecified atom stereocenters. The maximum absolute atomic E-state index is 12.2. The highest BCUT2D eigenvalue weighted by Crippen LogP contribution is 2.24. The lowest BCUT2D eigenvalue weighted by Gasteiger charge is -2.33. The molecular weight excluding hydrogens is 338 g/mol. The summed E-state index contributed by atoms with van der Waals surface area (Å²) < 4.78 is 5.60. The van der Waals surface area contributed by atoms with Crippen LogP contribution in [-0.4, -0.2) is 30.6 Å². The molecule has 0 radical (unpaired) electrons. The third-order valence-electron chi connectivity index (χ3n) is 4.50. The van der Waals surface area contributed by atoms with Crippen LogP contribution < -0.4 is 10.6 Å². The van der Waals surface area contributed by atoms with E-state index in [-0.39, 0.29) is 12.1 Å². The molecule has 0 spiro atoms. The number of carbonyl (C=O) groups is 1. The predicted octanol–water partition coefficient (Wildman–Crippen LogP) is 3.96. The molecule has 25 heavy (non-hydrogen) atoms. The molecule has 1 aliphatic heterocycles. The van der Waals surface area contributed by atoms with Gasteiger partial charge in [0.1, 0.15) is 5.76 Å². The Bertz CT molecular complexity index is 669. The first-order valence-electron chi connectivity index (χ1n) is 8.76. The molecule has 1 atom stereocenters. The number of hydrogen-bond donors (Lipinski definition) is 2. The minimum Gasteiger partial charge on any atom is -0.468 e. The van der Waals surface area contributed by atoms with Crippen LogP contribution in [0.4, 0.5) is 4.79 Å². The summed E-state index contributed by atoms with van der Waals surface area (Å²) in [7, 11) is 0. The van der Waals surface area contributed by atoms with Gasteiger partial charge in [0.05, 0.1) is 12.3 Å². The van der Waals surface area contributed by atoms with E-state index in [1.165, 1.54) is 19.3 Å². The zero-order valence-electron chi connectivity index (χ0n) is 14.2. The van der Waals surface area contributed by atoms with Crippen molar-refractivity contribution in [1.29, 1.82) is 0 Å². The number of rotatable bonds is 6. The highest BCUT2D eigenvalue weighted by Gasteiger charge is 2.24. The average molecular weight is 362 g/mol. The van der Waals surface area contributed by atoms with Crippen LogP contribution in [-0.2, 0) is 6.54 Å². The van der Waals surface area contributed by atoms with Crippen LogP contribution in [0, 0.1) is 0 Å². The molecule has 0 aliphatic carbocycles. The van der Waals surface area contributed by atoms with Crippen LogP contribution in [0.15, 0.2) is 47.1 Å². The predicted molar refractivity (Wildman–Crippen MR) is 98.6 cm³/mol. The van der Waals surface area contributed by atoms with E-state index in [0.29, 0.717) is 18.1 Å². The standard InChI is InChI=1S/C19H24ClN3O2/c20-16-7-4-6-15(12-16)13-21-19(24)22-14-17(18-8-5-11-25-18)23-9-2-1-3-10-23/h4-8,11-12,17H,1-3,9-10,13-14H2,(H2,21,22,24).